The summed E-state index contributed by atoms with van der Waals surface area (Å²) in [7, 11) is 0. The Morgan fingerprint density at radius 1 is 1.62 bits per heavy atom. The first kappa shape index (κ1) is 10.1. The lowest BCUT2D eigenvalue weighted by Crippen LogP contribution is -2.09. The summed E-state index contributed by atoms with van der Waals surface area (Å²) < 4.78 is 5.08. The number of hydrogen-bond acceptors (Lipinski definition) is 4. The predicted octanol–water partition coefficient (Wildman–Crippen LogP) is 1.67. The summed E-state index contributed by atoms with van der Waals surface area (Å²) in [5, 5.41) is 0.358. The zero-order valence-corrected chi connectivity index (χ0v) is 7.71. The lowest BCUT2D eigenvalue weighted by Gasteiger charge is -1.96. The first-order valence-corrected chi connectivity index (χ1v) is 4.24. The first-order valence-electron chi connectivity index (χ1n) is 3.86. The van der Waals surface area contributed by atoms with E-state index in [-0.39, 0.29) is 6.42 Å². The molecule has 1 aromatic heterocycles. The molecule has 0 radical (unpaired) electrons. The Labute approximate surface area is 80.6 Å². The van der Waals surface area contributed by atoms with E-state index in [1.807, 2.05) is 0 Å². The van der Waals surface area contributed by atoms with Gasteiger partial charge in [0.05, 0.1) is 0 Å². The average Bonchev–Trinajstić information content (AvgIpc) is 2.51. The lowest BCUT2D eigenvalue weighted by atomic mass is 10.2. The number of hydrogen-bond donors (Lipinski definition) is 1. The Morgan fingerprint density at radius 2 is 2.38 bits per heavy atom. The SMILES string of the molecule is NOC(=O)CCCc1ccc(Cl)o1. The summed E-state index contributed by atoms with van der Waals surface area (Å²) in [5.41, 5.74) is 0. The van der Waals surface area contributed by atoms with Crippen molar-refractivity contribution in [3.63, 3.8) is 0 Å². The normalized spacial score (nSPS) is 10.0. The minimum Gasteiger partial charge on any atom is -0.450 e. The number of carbonyl (C=O) groups is 1. The van der Waals surface area contributed by atoms with Crippen molar-refractivity contribution in [1.82, 2.24) is 0 Å². The standard InChI is InChI=1S/C8H10ClNO3/c9-7-5-4-6(12-7)2-1-3-8(11)13-10/h4-5H,1-3,10H2. The van der Waals surface area contributed by atoms with Crippen LogP contribution in [0.4, 0.5) is 0 Å². The Balaban J connectivity index is 2.24. The summed E-state index contributed by atoms with van der Waals surface area (Å²) in [6.45, 7) is 0. The maximum Gasteiger partial charge on any atom is 0.324 e. The molecular weight excluding hydrogens is 194 g/mol. The maximum absolute atomic E-state index is 10.6. The molecule has 2 N–H and O–H groups in total. The number of furan rings is 1. The van der Waals surface area contributed by atoms with Crippen LogP contribution in [0.25, 0.3) is 0 Å². The highest BCUT2D eigenvalue weighted by Gasteiger charge is 2.03. The molecule has 0 aliphatic heterocycles. The van der Waals surface area contributed by atoms with Crippen molar-refractivity contribution >= 4 is 17.6 Å². The molecule has 0 fully saturated rings. The molecular formula is C8H10ClNO3. The molecule has 0 saturated heterocycles. The zero-order chi connectivity index (χ0) is 9.68. The van der Waals surface area contributed by atoms with Crippen molar-refractivity contribution in [1.29, 1.82) is 0 Å². The Morgan fingerprint density at radius 3 is 2.92 bits per heavy atom. The minimum atomic E-state index is -0.419. The van der Waals surface area contributed by atoms with Gasteiger partial charge in [-0.25, -0.2) is 0 Å². The molecule has 0 spiro atoms. The molecule has 0 unspecified atom stereocenters. The van der Waals surface area contributed by atoms with Crippen LogP contribution in [0.2, 0.25) is 5.22 Å². The molecule has 13 heavy (non-hydrogen) atoms. The van der Waals surface area contributed by atoms with Crippen LogP contribution in [-0.4, -0.2) is 5.97 Å². The molecule has 1 aromatic rings. The van der Waals surface area contributed by atoms with E-state index in [0.717, 1.165) is 5.76 Å². The Hall–Kier alpha value is -1.00. The van der Waals surface area contributed by atoms with Gasteiger partial charge in [-0.1, -0.05) is 0 Å². The topological polar surface area (TPSA) is 65.5 Å². The molecule has 0 atom stereocenters. The second kappa shape index (κ2) is 4.89. The van der Waals surface area contributed by atoms with Crippen LogP contribution in [-0.2, 0) is 16.1 Å². The third-order valence-corrected chi connectivity index (χ3v) is 1.77. The van der Waals surface area contributed by atoms with E-state index >= 15 is 0 Å². The smallest absolute Gasteiger partial charge is 0.324 e. The van der Waals surface area contributed by atoms with Gasteiger partial charge < -0.3 is 9.25 Å². The molecule has 1 heterocycles. The van der Waals surface area contributed by atoms with Crippen molar-refractivity contribution in [2.24, 2.45) is 5.90 Å². The summed E-state index contributed by atoms with van der Waals surface area (Å²) in [6, 6.07) is 3.44. The van der Waals surface area contributed by atoms with Crippen LogP contribution in [0.5, 0.6) is 0 Å². The number of nitrogens with two attached hydrogens (primary N) is 1. The van der Waals surface area contributed by atoms with Crippen LogP contribution in [0, 0.1) is 0 Å². The largest absolute Gasteiger partial charge is 0.450 e. The molecule has 4 nitrogen and oxygen atoms in total. The molecule has 0 amide bonds. The number of rotatable bonds is 4. The summed E-state index contributed by atoms with van der Waals surface area (Å²) in [6.07, 6.45) is 1.58. The monoisotopic (exact) mass is 203 g/mol. The molecule has 0 aliphatic rings. The second-order valence-electron chi connectivity index (χ2n) is 2.55. The van der Waals surface area contributed by atoms with Gasteiger partial charge in [-0.05, 0) is 30.2 Å². The third kappa shape index (κ3) is 3.48. The van der Waals surface area contributed by atoms with E-state index in [1.54, 1.807) is 12.1 Å². The highest BCUT2D eigenvalue weighted by molar-refractivity contribution is 6.28. The third-order valence-electron chi connectivity index (χ3n) is 1.56. The summed E-state index contributed by atoms with van der Waals surface area (Å²) in [4.78, 5) is 14.6. The molecule has 1 rings (SSSR count). The number of carbonyl (C=O) groups excluding carboxylic acids is 1. The van der Waals surface area contributed by atoms with Crippen LogP contribution in [0.15, 0.2) is 16.5 Å². The molecule has 0 aliphatic carbocycles. The van der Waals surface area contributed by atoms with Crippen molar-refractivity contribution < 1.29 is 14.0 Å². The second-order valence-corrected chi connectivity index (χ2v) is 2.92. The van der Waals surface area contributed by atoms with Gasteiger partial charge in [-0.15, -0.1) is 0 Å². The predicted molar refractivity (Wildman–Crippen MR) is 46.9 cm³/mol. The fourth-order valence-corrected chi connectivity index (χ4v) is 1.11. The van der Waals surface area contributed by atoms with E-state index in [1.165, 1.54) is 0 Å². The van der Waals surface area contributed by atoms with E-state index in [2.05, 4.69) is 10.7 Å². The quantitative estimate of drug-likeness (QED) is 0.756. The zero-order valence-electron chi connectivity index (χ0n) is 6.96. The minimum absolute atomic E-state index is 0.287. The first-order chi connectivity index (χ1) is 6.22. The van der Waals surface area contributed by atoms with Gasteiger partial charge in [0.1, 0.15) is 5.76 Å². The molecule has 5 heteroatoms. The highest BCUT2D eigenvalue weighted by atomic mass is 35.5. The van der Waals surface area contributed by atoms with Crippen molar-refractivity contribution in [3.8, 4) is 0 Å². The molecule has 0 aromatic carbocycles. The van der Waals surface area contributed by atoms with Crippen molar-refractivity contribution in [2.45, 2.75) is 19.3 Å². The number of halogens is 1. The Kier molecular flexibility index (Phi) is 3.79. The molecule has 0 saturated carbocycles. The number of aryl methyl sites for hydroxylation is 1. The van der Waals surface area contributed by atoms with Crippen molar-refractivity contribution in [2.75, 3.05) is 0 Å². The van der Waals surface area contributed by atoms with Crippen LogP contribution < -0.4 is 5.90 Å². The van der Waals surface area contributed by atoms with Gasteiger partial charge in [-0.2, -0.15) is 5.90 Å². The van der Waals surface area contributed by atoms with Crippen molar-refractivity contribution in [3.05, 3.63) is 23.1 Å². The van der Waals surface area contributed by atoms with E-state index in [0.29, 0.717) is 18.1 Å². The highest BCUT2D eigenvalue weighted by Crippen LogP contribution is 2.14. The van der Waals surface area contributed by atoms with Gasteiger partial charge in [0, 0.05) is 12.8 Å². The van der Waals surface area contributed by atoms with Gasteiger partial charge in [-0.3, -0.25) is 4.79 Å². The van der Waals surface area contributed by atoms with Crippen LogP contribution in [0.3, 0.4) is 0 Å². The van der Waals surface area contributed by atoms with Gasteiger partial charge >= 0.3 is 5.97 Å². The lowest BCUT2D eigenvalue weighted by molar-refractivity contribution is -0.144. The van der Waals surface area contributed by atoms with Gasteiger partial charge in [0.2, 0.25) is 0 Å². The average molecular weight is 204 g/mol. The summed E-state index contributed by atoms with van der Waals surface area (Å²) >= 11 is 5.55. The van der Waals surface area contributed by atoms with Gasteiger partial charge in [0.15, 0.2) is 5.22 Å². The van der Waals surface area contributed by atoms with E-state index in [4.69, 9.17) is 16.0 Å². The molecule has 0 bridgehead atoms. The molecule has 72 valence electrons. The fraction of sp³-hybridized carbons (Fsp3) is 0.375. The van der Waals surface area contributed by atoms with Crippen LogP contribution >= 0.6 is 11.6 Å². The fourth-order valence-electron chi connectivity index (χ4n) is 0.952. The maximum atomic E-state index is 10.6. The van der Waals surface area contributed by atoms with Crippen LogP contribution in [0.1, 0.15) is 18.6 Å². The van der Waals surface area contributed by atoms with E-state index in [9.17, 15) is 4.79 Å². The Bertz CT molecular complexity index is 285. The summed E-state index contributed by atoms with van der Waals surface area (Å²) in [5.74, 6) is 5.00. The van der Waals surface area contributed by atoms with Gasteiger partial charge in [0.25, 0.3) is 0 Å². The van der Waals surface area contributed by atoms with E-state index < -0.39 is 5.97 Å².